The van der Waals surface area contributed by atoms with Crippen molar-refractivity contribution in [2.24, 2.45) is 0 Å². The molecular weight excluding hydrogens is 970 g/mol. The van der Waals surface area contributed by atoms with Crippen molar-refractivity contribution in [1.29, 1.82) is 5.26 Å². The van der Waals surface area contributed by atoms with E-state index in [0.717, 1.165) is 105 Å². The lowest BCUT2D eigenvalue weighted by Crippen LogP contribution is -2.09. The smallest absolute Gasteiger partial charge is 0.310 e. The molecule has 0 unspecified atom stereocenters. The maximum absolute atomic E-state index is 15.8. The van der Waals surface area contributed by atoms with Gasteiger partial charge in [-0.2, -0.15) is 18.4 Å². The second-order valence-corrected chi connectivity index (χ2v) is 19.7. The summed E-state index contributed by atoms with van der Waals surface area (Å²) >= 11 is 0. The lowest BCUT2D eigenvalue weighted by atomic mass is 9.88. The van der Waals surface area contributed by atoms with Gasteiger partial charge in [-0.1, -0.05) is 140 Å². The lowest BCUT2D eigenvalue weighted by molar-refractivity contribution is -0.137. The van der Waals surface area contributed by atoms with Crippen LogP contribution >= 0.6 is 0 Å². The maximum atomic E-state index is 15.8. The summed E-state index contributed by atoms with van der Waals surface area (Å²) < 4.78 is 56.2. The monoisotopic (exact) mass is 1010 g/mol. The summed E-state index contributed by atoms with van der Waals surface area (Å²) in [5, 5.41) is 18.2. The minimum absolute atomic E-state index is 0.115. The van der Waals surface area contributed by atoms with Crippen molar-refractivity contribution in [2.45, 2.75) is 6.18 Å². The van der Waals surface area contributed by atoms with E-state index in [1.54, 1.807) is 18.2 Å². The molecule has 15 aromatic rings. The lowest BCUT2D eigenvalue weighted by Gasteiger charge is -2.24. The topological polar surface area (TPSA) is 47.9 Å². The third kappa shape index (κ3) is 6.49. The van der Waals surface area contributed by atoms with Crippen LogP contribution in [0.15, 0.2) is 237 Å². The van der Waals surface area contributed by atoms with Crippen molar-refractivity contribution in [3.63, 3.8) is 0 Å². The molecule has 15 rings (SSSR count). The van der Waals surface area contributed by atoms with Crippen LogP contribution in [-0.2, 0) is 6.18 Å². The Bertz CT molecular complexity index is 5100. The number of para-hydroxylation sites is 6. The summed E-state index contributed by atoms with van der Waals surface area (Å²) in [5.74, 6) is 0. The van der Waals surface area contributed by atoms with Gasteiger partial charge < -0.3 is 18.3 Å². The molecule has 0 spiro atoms. The van der Waals surface area contributed by atoms with Crippen LogP contribution in [0.3, 0.4) is 0 Å². The number of nitrogens with zero attached hydrogens (tertiary/aromatic N) is 6. The predicted molar refractivity (Wildman–Crippen MR) is 311 cm³/mol. The minimum Gasteiger partial charge on any atom is -0.310 e. The average Bonchev–Trinajstić information content (AvgIpc) is 3.54. The molecule has 11 aromatic carbocycles. The Morgan fingerprint density at radius 1 is 0.359 bits per heavy atom. The molecule has 4 heterocycles. The molecule has 0 radical (unpaired) electrons. The van der Waals surface area contributed by atoms with Gasteiger partial charge in [0, 0.05) is 71.3 Å². The minimum atomic E-state index is -4.85. The third-order valence-corrected chi connectivity index (χ3v) is 15.6. The highest BCUT2D eigenvalue weighted by Gasteiger charge is 2.36. The van der Waals surface area contributed by atoms with E-state index in [9.17, 15) is 5.26 Å². The van der Waals surface area contributed by atoms with Crippen LogP contribution in [0, 0.1) is 17.9 Å². The standard InChI is InChI=1S/C69H39F3N6/c1-74-56-27-17-33-62(78-60-31-15-11-25-49(60)54-38-52-47-23-9-13-29-58(47)76(64(52)40-66(54)78)44-20-6-3-7-21-44)68(56)67-50(45-35-34-42(41-73)36-55(45)69(70,71)72)26-16-32-61(67)77-59-30-14-10-24-48(59)53-37-51-46-22-8-12-28-57(46)75(63(51)39-65(53)77)43-18-4-2-5-19-43/h2-40H. The number of hydrogen-bond acceptors (Lipinski definition) is 1. The molecule has 9 heteroatoms. The van der Waals surface area contributed by atoms with Crippen molar-refractivity contribution in [2.75, 3.05) is 0 Å². The second-order valence-electron chi connectivity index (χ2n) is 19.7. The first-order valence-corrected chi connectivity index (χ1v) is 25.6. The van der Waals surface area contributed by atoms with Gasteiger partial charge in [0.1, 0.15) is 0 Å². The van der Waals surface area contributed by atoms with Gasteiger partial charge >= 0.3 is 6.18 Å². The fourth-order valence-electron chi connectivity index (χ4n) is 12.5. The Labute approximate surface area is 443 Å². The number of halogens is 3. The van der Waals surface area contributed by atoms with Crippen molar-refractivity contribution >= 4 is 92.9 Å². The fraction of sp³-hybridized carbons (Fsp3) is 0.0145. The molecule has 0 atom stereocenters. The molecular formula is C69H39F3N6. The summed E-state index contributed by atoms with van der Waals surface area (Å²) in [6.45, 7) is 8.99. The largest absolute Gasteiger partial charge is 0.417 e. The van der Waals surface area contributed by atoms with E-state index in [0.29, 0.717) is 22.5 Å². The number of hydrogen-bond donors (Lipinski definition) is 0. The summed E-state index contributed by atoms with van der Waals surface area (Å²) in [6.07, 6.45) is -4.85. The Hall–Kier alpha value is -10.6. The molecule has 4 aromatic heterocycles. The molecule has 0 saturated heterocycles. The average molecular weight is 1010 g/mol. The van der Waals surface area contributed by atoms with Crippen LogP contribution < -0.4 is 0 Å². The van der Waals surface area contributed by atoms with E-state index in [-0.39, 0.29) is 22.4 Å². The van der Waals surface area contributed by atoms with Crippen LogP contribution in [0.2, 0.25) is 0 Å². The summed E-state index contributed by atoms with van der Waals surface area (Å²) in [7, 11) is 0. The number of aromatic nitrogens is 4. The quantitative estimate of drug-likeness (QED) is 0.153. The van der Waals surface area contributed by atoms with Gasteiger partial charge in [0.25, 0.3) is 0 Å². The van der Waals surface area contributed by atoms with Gasteiger partial charge in [0.2, 0.25) is 0 Å². The van der Waals surface area contributed by atoms with E-state index < -0.39 is 11.7 Å². The van der Waals surface area contributed by atoms with Crippen LogP contribution in [-0.4, -0.2) is 18.3 Å². The zero-order valence-corrected chi connectivity index (χ0v) is 41.3. The predicted octanol–water partition coefficient (Wildman–Crippen LogP) is 18.9. The number of benzene rings is 11. The van der Waals surface area contributed by atoms with Crippen LogP contribution in [0.4, 0.5) is 18.9 Å². The van der Waals surface area contributed by atoms with E-state index in [2.05, 4.69) is 126 Å². The molecule has 0 N–H and O–H groups in total. The zero-order valence-electron chi connectivity index (χ0n) is 41.3. The molecule has 0 aliphatic heterocycles. The second kappa shape index (κ2) is 17.0. The SMILES string of the molecule is [C-]#[N+]c1cccc(-n2c3ccccc3c3cc4c5ccccc5n(-c5ccccc5)c4cc32)c1-c1c(-c2ccc(C#N)cc2C(F)(F)F)cccc1-n1c2ccccc2c2cc3c4ccccc4n(-c4ccccc4)c3cc21. The van der Waals surface area contributed by atoms with Gasteiger partial charge in [-0.05, 0) is 108 Å². The fourth-order valence-corrected chi connectivity index (χ4v) is 12.5. The van der Waals surface area contributed by atoms with Crippen molar-refractivity contribution < 1.29 is 13.2 Å². The van der Waals surface area contributed by atoms with E-state index >= 15 is 13.2 Å². The molecule has 6 nitrogen and oxygen atoms in total. The van der Waals surface area contributed by atoms with Crippen molar-refractivity contribution in [1.82, 2.24) is 18.3 Å². The van der Waals surface area contributed by atoms with Gasteiger partial charge in [-0.25, -0.2) is 4.85 Å². The van der Waals surface area contributed by atoms with Crippen LogP contribution in [0.1, 0.15) is 11.1 Å². The molecule has 0 aliphatic rings. The maximum Gasteiger partial charge on any atom is 0.417 e. The first kappa shape index (κ1) is 44.8. The van der Waals surface area contributed by atoms with E-state index in [4.69, 9.17) is 6.57 Å². The summed E-state index contributed by atoms with van der Waals surface area (Å²) in [4.78, 5) is 4.26. The molecule has 0 bridgehead atoms. The normalized spacial score (nSPS) is 12.0. The number of nitriles is 1. The number of rotatable bonds is 6. The molecule has 366 valence electrons. The highest BCUT2D eigenvalue weighted by Crippen LogP contribution is 2.51. The molecule has 0 amide bonds. The van der Waals surface area contributed by atoms with Gasteiger partial charge in [-0.3, -0.25) is 0 Å². The number of alkyl halides is 3. The molecule has 0 saturated carbocycles. The Morgan fingerprint density at radius 3 is 1.22 bits per heavy atom. The zero-order chi connectivity index (χ0) is 52.4. The molecule has 0 aliphatic carbocycles. The highest BCUT2D eigenvalue weighted by molar-refractivity contribution is 6.21. The Balaban J connectivity index is 1.11. The van der Waals surface area contributed by atoms with E-state index in [1.807, 2.05) is 103 Å². The first-order valence-electron chi connectivity index (χ1n) is 25.6. The summed E-state index contributed by atoms with van der Waals surface area (Å²) in [5.41, 5.74) is 10.7. The van der Waals surface area contributed by atoms with Gasteiger partial charge in [-0.15, -0.1) is 0 Å². The third-order valence-electron chi connectivity index (χ3n) is 15.6. The van der Waals surface area contributed by atoms with Gasteiger partial charge in [0.05, 0.1) is 73.6 Å². The van der Waals surface area contributed by atoms with Crippen LogP contribution in [0.25, 0.3) is 137 Å². The first-order chi connectivity index (χ1) is 38.3. The molecule has 0 fully saturated rings. The van der Waals surface area contributed by atoms with Gasteiger partial charge in [0.15, 0.2) is 5.69 Å². The number of fused-ring (bicyclic) bond motifs is 12. The van der Waals surface area contributed by atoms with E-state index in [1.165, 1.54) is 12.1 Å². The molecule has 78 heavy (non-hydrogen) atoms. The van der Waals surface area contributed by atoms with Crippen LogP contribution in [0.5, 0.6) is 0 Å². The van der Waals surface area contributed by atoms with Crippen molar-refractivity contribution in [3.8, 4) is 51.1 Å². The Morgan fingerprint density at radius 2 is 0.769 bits per heavy atom. The Kier molecular flexibility index (Phi) is 9.75. The summed E-state index contributed by atoms with van der Waals surface area (Å²) in [6, 6.07) is 79.2. The highest BCUT2D eigenvalue weighted by atomic mass is 19.4. The van der Waals surface area contributed by atoms with Crippen molar-refractivity contribution in [3.05, 3.63) is 259 Å².